The summed E-state index contributed by atoms with van der Waals surface area (Å²) in [7, 11) is 0. The monoisotopic (exact) mass is 316 g/mol. The fourth-order valence-corrected chi connectivity index (χ4v) is 3.31. The van der Waals surface area contributed by atoms with Gasteiger partial charge in [0.15, 0.2) is 0 Å². The van der Waals surface area contributed by atoms with E-state index in [1.54, 1.807) is 11.3 Å². The summed E-state index contributed by atoms with van der Waals surface area (Å²) in [6.45, 7) is 2.10. The summed E-state index contributed by atoms with van der Waals surface area (Å²) in [5, 5.41) is 6.76. The molecule has 0 saturated carbocycles. The first-order valence-electron chi connectivity index (χ1n) is 7.57. The molecule has 0 amide bonds. The zero-order valence-electron chi connectivity index (χ0n) is 12.8. The Hall–Kier alpha value is -2.65. The lowest BCUT2D eigenvalue weighted by atomic mass is 10.1. The van der Waals surface area contributed by atoms with E-state index in [2.05, 4.69) is 78.3 Å². The summed E-state index contributed by atoms with van der Waals surface area (Å²) in [4.78, 5) is 5.99. The molecule has 4 aromatic rings. The molecule has 2 aromatic carbocycles. The van der Waals surface area contributed by atoms with Crippen molar-refractivity contribution >= 4 is 33.6 Å². The number of rotatable bonds is 3. The number of anilines is 2. The normalized spacial score (nSPS) is 10.8. The van der Waals surface area contributed by atoms with Crippen LogP contribution >= 0.6 is 11.3 Å². The van der Waals surface area contributed by atoms with Crippen LogP contribution in [0.3, 0.4) is 0 Å². The molecular formula is C20H16N2S. The predicted molar refractivity (Wildman–Crippen MR) is 99.5 cm³/mol. The maximum absolute atomic E-state index is 4.80. The summed E-state index contributed by atoms with van der Waals surface area (Å²) in [5.41, 5.74) is 5.45. The van der Waals surface area contributed by atoms with E-state index in [9.17, 15) is 0 Å². The Bertz CT molecular complexity index is 941. The van der Waals surface area contributed by atoms with Crippen molar-refractivity contribution in [2.75, 3.05) is 5.32 Å². The van der Waals surface area contributed by atoms with E-state index < -0.39 is 0 Å². The third-order valence-corrected chi connectivity index (χ3v) is 4.71. The Morgan fingerprint density at radius 3 is 2.52 bits per heavy atom. The van der Waals surface area contributed by atoms with E-state index >= 15 is 0 Å². The molecule has 0 spiro atoms. The summed E-state index contributed by atoms with van der Waals surface area (Å²) >= 11 is 1.71. The predicted octanol–water partition coefficient (Wildman–Crippen LogP) is 6.02. The van der Waals surface area contributed by atoms with Gasteiger partial charge in [0.2, 0.25) is 0 Å². The molecule has 0 fully saturated rings. The van der Waals surface area contributed by atoms with Crippen molar-refractivity contribution in [2.45, 2.75) is 6.92 Å². The molecule has 23 heavy (non-hydrogen) atoms. The number of aryl methyl sites for hydroxylation is 1. The number of hydrogen-bond donors (Lipinski definition) is 1. The summed E-state index contributed by atoms with van der Waals surface area (Å²) < 4.78 is 0. The van der Waals surface area contributed by atoms with Gasteiger partial charge in [-0.3, -0.25) is 0 Å². The molecule has 1 N–H and O–H groups in total. The lowest BCUT2D eigenvalue weighted by Gasteiger charge is -2.12. The van der Waals surface area contributed by atoms with Crippen LogP contribution in [0.5, 0.6) is 0 Å². The number of fused-ring (bicyclic) bond motifs is 1. The van der Waals surface area contributed by atoms with Crippen molar-refractivity contribution in [3.8, 4) is 10.6 Å². The van der Waals surface area contributed by atoms with Crippen molar-refractivity contribution in [3.63, 3.8) is 0 Å². The van der Waals surface area contributed by atoms with Gasteiger partial charge in [-0.2, -0.15) is 0 Å². The van der Waals surface area contributed by atoms with E-state index in [1.807, 2.05) is 6.07 Å². The Balaban J connectivity index is 1.84. The standard InChI is InChI=1S/C20H16N2S/c1-14-8-10-15(11-9-14)21-18-13-19(20-7-4-12-23-20)22-17-6-3-2-5-16(17)18/h2-13H,1H3,(H,21,22). The second-order valence-corrected chi connectivity index (χ2v) is 6.49. The van der Waals surface area contributed by atoms with Gasteiger partial charge in [0.05, 0.1) is 21.8 Å². The highest BCUT2D eigenvalue weighted by atomic mass is 32.1. The van der Waals surface area contributed by atoms with Crippen LogP contribution in [0.25, 0.3) is 21.5 Å². The van der Waals surface area contributed by atoms with Crippen LogP contribution in [0.4, 0.5) is 11.4 Å². The van der Waals surface area contributed by atoms with Gasteiger partial charge in [-0.05, 0) is 42.6 Å². The van der Waals surface area contributed by atoms with Crippen molar-refractivity contribution in [1.82, 2.24) is 4.98 Å². The lowest BCUT2D eigenvalue weighted by Crippen LogP contribution is -1.94. The van der Waals surface area contributed by atoms with Crippen LogP contribution in [-0.4, -0.2) is 4.98 Å². The Kier molecular flexibility index (Phi) is 3.56. The third kappa shape index (κ3) is 2.83. The molecule has 3 heteroatoms. The largest absolute Gasteiger partial charge is 0.355 e. The van der Waals surface area contributed by atoms with E-state index in [-0.39, 0.29) is 0 Å². The number of hydrogen-bond acceptors (Lipinski definition) is 3. The Labute approximate surface area is 139 Å². The molecule has 0 radical (unpaired) electrons. The molecule has 0 aliphatic rings. The number of aromatic nitrogens is 1. The van der Waals surface area contributed by atoms with Gasteiger partial charge in [0, 0.05) is 11.1 Å². The maximum Gasteiger partial charge on any atom is 0.0830 e. The quantitative estimate of drug-likeness (QED) is 0.500. The van der Waals surface area contributed by atoms with Crippen LogP contribution in [0.15, 0.2) is 72.1 Å². The second-order valence-electron chi connectivity index (χ2n) is 5.54. The number of pyridine rings is 1. The molecule has 2 aromatic heterocycles. The minimum Gasteiger partial charge on any atom is -0.355 e. The fraction of sp³-hybridized carbons (Fsp3) is 0.0500. The Morgan fingerprint density at radius 2 is 1.74 bits per heavy atom. The highest BCUT2D eigenvalue weighted by Gasteiger charge is 2.08. The number of nitrogens with one attached hydrogen (secondary N) is 1. The first-order valence-corrected chi connectivity index (χ1v) is 8.45. The summed E-state index contributed by atoms with van der Waals surface area (Å²) in [6.07, 6.45) is 0. The number of para-hydroxylation sites is 1. The number of nitrogens with zero attached hydrogens (tertiary/aromatic N) is 1. The van der Waals surface area contributed by atoms with Crippen LogP contribution < -0.4 is 5.32 Å². The minimum atomic E-state index is 1.01. The van der Waals surface area contributed by atoms with Gasteiger partial charge in [-0.1, -0.05) is 42.0 Å². The van der Waals surface area contributed by atoms with Crippen molar-refractivity contribution in [3.05, 3.63) is 77.7 Å². The van der Waals surface area contributed by atoms with Gasteiger partial charge in [0.25, 0.3) is 0 Å². The van der Waals surface area contributed by atoms with Crippen LogP contribution in [0.1, 0.15) is 5.56 Å². The van der Waals surface area contributed by atoms with Crippen molar-refractivity contribution < 1.29 is 0 Å². The first kappa shape index (κ1) is 14.0. The molecule has 0 unspecified atom stereocenters. The molecule has 112 valence electrons. The van der Waals surface area contributed by atoms with Crippen LogP contribution in [-0.2, 0) is 0 Å². The van der Waals surface area contributed by atoms with Gasteiger partial charge in [0.1, 0.15) is 0 Å². The van der Waals surface area contributed by atoms with Crippen LogP contribution in [0.2, 0.25) is 0 Å². The average molecular weight is 316 g/mol. The highest BCUT2D eigenvalue weighted by Crippen LogP contribution is 2.32. The lowest BCUT2D eigenvalue weighted by molar-refractivity contribution is 1.41. The van der Waals surface area contributed by atoms with Gasteiger partial charge < -0.3 is 5.32 Å². The van der Waals surface area contributed by atoms with E-state index in [0.29, 0.717) is 0 Å². The molecule has 0 aliphatic heterocycles. The number of benzene rings is 2. The molecule has 2 heterocycles. The molecular weight excluding hydrogens is 300 g/mol. The van der Waals surface area contributed by atoms with Crippen molar-refractivity contribution in [1.29, 1.82) is 0 Å². The zero-order chi connectivity index (χ0) is 15.6. The third-order valence-electron chi connectivity index (χ3n) is 3.82. The van der Waals surface area contributed by atoms with Crippen molar-refractivity contribution in [2.24, 2.45) is 0 Å². The molecule has 2 nitrogen and oxygen atoms in total. The number of thiophene rings is 1. The zero-order valence-corrected chi connectivity index (χ0v) is 13.6. The van der Waals surface area contributed by atoms with E-state index in [0.717, 1.165) is 28.0 Å². The van der Waals surface area contributed by atoms with E-state index in [1.165, 1.54) is 10.4 Å². The maximum atomic E-state index is 4.80. The SMILES string of the molecule is Cc1ccc(Nc2cc(-c3cccs3)nc3ccccc23)cc1. The average Bonchev–Trinajstić information content (AvgIpc) is 3.11. The molecule has 0 aliphatic carbocycles. The summed E-state index contributed by atoms with van der Waals surface area (Å²) in [5.74, 6) is 0. The second kappa shape index (κ2) is 5.86. The van der Waals surface area contributed by atoms with Crippen LogP contribution in [0, 0.1) is 6.92 Å². The smallest absolute Gasteiger partial charge is 0.0830 e. The molecule has 0 saturated heterocycles. The minimum absolute atomic E-state index is 1.01. The van der Waals surface area contributed by atoms with Gasteiger partial charge >= 0.3 is 0 Å². The topological polar surface area (TPSA) is 24.9 Å². The molecule has 0 atom stereocenters. The van der Waals surface area contributed by atoms with Gasteiger partial charge in [-0.25, -0.2) is 4.98 Å². The van der Waals surface area contributed by atoms with Gasteiger partial charge in [-0.15, -0.1) is 11.3 Å². The highest BCUT2D eigenvalue weighted by molar-refractivity contribution is 7.13. The fourth-order valence-electron chi connectivity index (χ4n) is 2.62. The van der Waals surface area contributed by atoms with E-state index in [4.69, 9.17) is 4.98 Å². The Morgan fingerprint density at radius 1 is 0.913 bits per heavy atom. The first-order chi connectivity index (χ1) is 11.3. The summed E-state index contributed by atoms with van der Waals surface area (Å²) in [6, 6.07) is 23.0. The molecule has 0 bridgehead atoms. The molecule has 4 rings (SSSR count).